The van der Waals surface area contributed by atoms with Crippen molar-refractivity contribution in [3.05, 3.63) is 23.8 Å². The van der Waals surface area contributed by atoms with Crippen LogP contribution < -0.4 is 4.90 Å². The van der Waals surface area contributed by atoms with Crippen molar-refractivity contribution in [2.45, 2.75) is 6.42 Å². The third-order valence-electron chi connectivity index (χ3n) is 2.82. The summed E-state index contributed by atoms with van der Waals surface area (Å²) in [5, 5.41) is 14.0. The second-order valence-corrected chi connectivity index (χ2v) is 3.75. The van der Waals surface area contributed by atoms with E-state index in [1.807, 2.05) is 6.07 Å². The summed E-state index contributed by atoms with van der Waals surface area (Å²) in [6, 6.07) is 6.31. The van der Waals surface area contributed by atoms with Gasteiger partial charge in [-0.15, -0.1) is 10.2 Å². The molecule has 0 bridgehead atoms. The van der Waals surface area contributed by atoms with Crippen molar-refractivity contribution in [3.63, 3.8) is 0 Å². The van der Waals surface area contributed by atoms with Gasteiger partial charge in [0.15, 0.2) is 0 Å². The van der Waals surface area contributed by atoms with Crippen LogP contribution in [0.2, 0.25) is 0 Å². The Bertz CT molecular complexity index is 477. The third-order valence-corrected chi connectivity index (χ3v) is 2.82. The van der Waals surface area contributed by atoms with Crippen LogP contribution in [0.15, 0.2) is 18.2 Å². The number of aromatic amines is 1. The highest BCUT2D eigenvalue weighted by molar-refractivity contribution is 5.67. The molecule has 2 aromatic rings. The van der Waals surface area contributed by atoms with E-state index in [0.29, 0.717) is 5.82 Å². The predicted octanol–water partition coefficient (Wildman–Crippen LogP) is 0.859. The number of hydrogen-bond acceptors (Lipinski definition) is 4. The lowest BCUT2D eigenvalue weighted by Crippen LogP contribution is -2.12. The highest BCUT2D eigenvalue weighted by Gasteiger charge is 2.16. The van der Waals surface area contributed by atoms with Crippen molar-refractivity contribution >= 4 is 5.69 Å². The number of nitrogens with zero attached hydrogens (tertiary/aromatic N) is 4. The molecule has 0 amide bonds. The molecule has 3 rings (SSSR count). The molecule has 1 N–H and O–H groups in total. The Morgan fingerprint density at radius 2 is 2.33 bits per heavy atom. The number of hydrogen-bond donors (Lipinski definition) is 1. The number of tetrazole rings is 1. The molecule has 0 unspecified atom stereocenters. The molecule has 5 heteroatoms. The monoisotopic (exact) mass is 201 g/mol. The van der Waals surface area contributed by atoms with Crippen LogP contribution in [0.3, 0.4) is 0 Å². The van der Waals surface area contributed by atoms with Gasteiger partial charge in [0.25, 0.3) is 0 Å². The summed E-state index contributed by atoms with van der Waals surface area (Å²) in [6.45, 7) is 1.09. The molecular weight excluding hydrogens is 190 g/mol. The number of fused-ring (bicyclic) bond motifs is 1. The number of likely N-dealkylation sites (N-methyl/N-ethyl adjacent to an activating group) is 1. The lowest BCUT2D eigenvalue weighted by molar-refractivity contribution is 0.881. The molecule has 2 heterocycles. The molecule has 0 aliphatic carbocycles. The summed E-state index contributed by atoms with van der Waals surface area (Å²) in [5.74, 6) is 0.651. The first kappa shape index (κ1) is 8.40. The van der Waals surface area contributed by atoms with Crippen molar-refractivity contribution in [1.29, 1.82) is 0 Å². The summed E-state index contributed by atoms with van der Waals surface area (Å²) >= 11 is 0. The lowest BCUT2D eigenvalue weighted by atomic mass is 10.1. The van der Waals surface area contributed by atoms with Gasteiger partial charge in [-0.2, -0.15) is 5.21 Å². The molecule has 1 aliphatic heterocycles. The number of H-pyrrole nitrogens is 1. The number of benzene rings is 1. The van der Waals surface area contributed by atoms with Crippen LogP contribution in [-0.2, 0) is 6.42 Å². The molecule has 15 heavy (non-hydrogen) atoms. The standard InChI is InChI=1S/C10H11N5/c1-15-5-4-7-2-3-8(6-9(7)15)10-11-13-14-12-10/h2-3,6H,4-5H2,1H3,(H,11,12,13,14). The van der Waals surface area contributed by atoms with Crippen LogP contribution in [0.4, 0.5) is 5.69 Å². The normalized spacial score (nSPS) is 14.3. The number of nitrogens with one attached hydrogen (secondary N) is 1. The van der Waals surface area contributed by atoms with Gasteiger partial charge >= 0.3 is 0 Å². The Balaban J connectivity index is 2.09. The van der Waals surface area contributed by atoms with E-state index >= 15 is 0 Å². The van der Waals surface area contributed by atoms with E-state index in [1.54, 1.807) is 0 Å². The molecule has 1 aromatic carbocycles. The van der Waals surface area contributed by atoms with Gasteiger partial charge in [-0.1, -0.05) is 12.1 Å². The number of aromatic nitrogens is 4. The van der Waals surface area contributed by atoms with Gasteiger partial charge in [0.05, 0.1) is 0 Å². The maximum Gasteiger partial charge on any atom is 0.204 e. The fourth-order valence-corrected chi connectivity index (χ4v) is 1.96. The average molecular weight is 201 g/mol. The smallest absolute Gasteiger partial charge is 0.204 e. The van der Waals surface area contributed by atoms with Gasteiger partial charge in [-0.25, -0.2) is 0 Å². The maximum atomic E-state index is 3.97. The van der Waals surface area contributed by atoms with E-state index in [1.165, 1.54) is 11.3 Å². The SMILES string of the molecule is CN1CCc2ccc(-c3nn[nH]n3)cc21. The predicted molar refractivity (Wildman–Crippen MR) is 56.6 cm³/mol. The lowest BCUT2D eigenvalue weighted by Gasteiger charge is -2.11. The Kier molecular flexibility index (Phi) is 1.71. The Hall–Kier alpha value is -1.91. The third kappa shape index (κ3) is 1.27. The molecule has 1 aromatic heterocycles. The van der Waals surface area contributed by atoms with Gasteiger partial charge in [-0.05, 0) is 23.3 Å². The van der Waals surface area contributed by atoms with Crippen LogP contribution in [0.1, 0.15) is 5.56 Å². The maximum absolute atomic E-state index is 3.97. The molecule has 0 spiro atoms. The van der Waals surface area contributed by atoms with Crippen LogP contribution in [0.25, 0.3) is 11.4 Å². The summed E-state index contributed by atoms with van der Waals surface area (Å²) < 4.78 is 0. The number of anilines is 1. The minimum atomic E-state index is 0.651. The second kappa shape index (κ2) is 3.05. The average Bonchev–Trinajstić information content (AvgIpc) is 2.88. The molecule has 0 saturated heterocycles. The van der Waals surface area contributed by atoms with Gasteiger partial charge in [0.1, 0.15) is 0 Å². The Labute approximate surface area is 87.1 Å². The molecule has 0 fully saturated rings. The van der Waals surface area contributed by atoms with Gasteiger partial charge in [-0.3, -0.25) is 0 Å². The van der Waals surface area contributed by atoms with Crippen molar-refractivity contribution in [1.82, 2.24) is 20.6 Å². The quantitative estimate of drug-likeness (QED) is 0.743. The zero-order chi connectivity index (χ0) is 10.3. The Morgan fingerprint density at radius 3 is 3.13 bits per heavy atom. The molecule has 0 radical (unpaired) electrons. The zero-order valence-corrected chi connectivity index (χ0v) is 8.44. The van der Waals surface area contributed by atoms with Crippen LogP contribution in [0, 0.1) is 0 Å². The van der Waals surface area contributed by atoms with Crippen molar-refractivity contribution in [2.75, 3.05) is 18.5 Å². The molecule has 0 saturated carbocycles. The van der Waals surface area contributed by atoms with Crippen molar-refractivity contribution < 1.29 is 0 Å². The first-order valence-electron chi connectivity index (χ1n) is 4.92. The van der Waals surface area contributed by atoms with Crippen LogP contribution in [0.5, 0.6) is 0 Å². The van der Waals surface area contributed by atoms with Crippen molar-refractivity contribution in [3.8, 4) is 11.4 Å². The van der Waals surface area contributed by atoms with E-state index in [4.69, 9.17) is 0 Å². The van der Waals surface area contributed by atoms with E-state index in [2.05, 4.69) is 44.7 Å². The first-order chi connectivity index (χ1) is 7.34. The highest BCUT2D eigenvalue weighted by atomic mass is 15.5. The number of rotatable bonds is 1. The van der Waals surface area contributed by atoms with Gasteiger partial charge in [0.2, 0.25) is 5.82 Å². The molecule has 5 nitrogen and oxygen atoms in total. The highest BCUT2D eigenvalue weighted by Crippen LogP contribution is 2.30. The summed E-state index contributed by atoms with van der Waals surface area (Å²) in [5.41, 5.74) is 3.68. The minimum absolute atomic E-state index is 0.651. The molecule has 76 valence electrons. The van der Waals surface area contributed by atoms with E-state index in [0.717, 1.165) is 18.5 Å². The molecular formula is C10H11N5. The molecule has 0 atom stereocenters. The largest absolute Gasteiger partial charge is 0.374 e. The van der Waals surface area contributed by atoms with E-state index < -0.39 is 0 Å². The fraction of sp³-hybridized carbons (Fsp3) is 0.300. The summed E-state index contributed by atoms with van der Waals surface area (Å²) in [7, 11) is 2.10. The first-order valence-corrected chi connectivity index (χ1v) is 4.92. The Morgan fingerprint density at radius 1 is 1.40 bits per heavy atom. The second-order valence-electron chi connectivity index (χ2n) is 3.75. The summed E-state index contributed by atoms with van der Waals surface area (Å²) in [6.07, 6.45) is 1.12. The van der Waals surface area contributed by atoms with Crippen LogP contribution >= 0.6 is 0 Å². The summed E-state index contributed by atoms with van der Waals surface area (Å²) in [4.78, 5) is 2.25. The van der Waals surface area contributed by atoms with E-state index in [9.17, 15) is 0 Å². The fourth-order valence-electron chi connectivity index (χ4n) is 1.96. The topological polar surface area (TPSA) is 57.7 Å². The minimum Gasteiger partial charge on any atom is -0.374 e. The van der Waals surface area contributed by atoms with Gasteiger partial charge < -0.3 is 4.90 Å². The van der Waals surface area contributed by atoms with E-state index in [-0.39, 0.29) is 0 Å². The zero-order valence-electron chi connectivity index (χ0n) is 8.44. The molecule has 1 aliphatic rings. The van der Waals surface area contributed by atoms with Gasteiger partial charge in [0, 0.05) is 24.8 Å². The van der Waals surface area contributed by atoms with Crippen LogP contribution in [-0.4, -0.2) is 34.2 Å². The van der Waals surface area contributed by atoms with Crippen molar-refractivity contribution in [2.24, 2.45) is 0 Å².